The number of aryl methyl sites for hydroxylation is 2. The highest BCUT2D eigenvalue weighted by Crippen LogP contribution is 2.31. The number of hydrogen-bond acceptors (Lipinski definition) is 6. The molecule has 1 N–H and O–H groups in total. The van der Waals surface area contributed by atoms with Crippen molar-refractivity contribution in [3.8, 4) is 17.0 Å². The third kappa shape index (κ3) is 3.42. The SMILES string of the molecule is Cn1nc(-c2ccccc2)cc1Nc1cc(O[C@H]2CCOC2)c2cnn(C)c2n1. The molecule has 0 unspecified atom stereocenters. The average Bonchev–Trinajstić information content (AvgIpc) is 3.45. The second kappa shape index (κ2) is 7.21. The van der Waals surface area contributed by atoms with Gasteiger partial charge in [-0.3, -0.25) is 9.36 Å². The predicted molar refractivity (Wildman–Crippen MR) is 110 cm³/mol. The molecule has 3 aromatic heterocycles. The van der Waals surface area contributed by atoms with Crippen LogP contribution >= 0.6 is 0 Å². The van der Waals surface area contributed by atoms with Crippen molar-refractivity contribution in [1.29, 1.82) is 0 Å². The Morgan fingerprint density at radius 2 is 2.00 bits per heavy atom. The van der Waals surface area contributed by atoms with E-state index in [2.05, 4.69) is 15.5 Å². The number of pyridine rings is 1. The summed E-state index contributed by atoms with van der Waals surface area (Å²) in [5.74, 6) is 2.28. The van der Waals surface area contributed by atoms with Crippen LogP contribution in [0.5, 0.6) is 5.75 Å². The van der Waals surface area contributed by atoms with Gasteiger partial charge in [-0.1, -0.05) is 30.3 Å². The van der Waals surface area contributed by atoms with Gasteiger partial charge in [-0.15, -0.1) is 0 Å². The largest absolute Gasteiger partial charge is 0.487 e. The fourth-order valence-electron chi connectivity index (χ4n) is 3.50. The summed E-state index contributed by atoms with van der Waals surface area (Å²) in [4.78, 5) is 4.73. The smallest absolute Gasteiger partial charge is 0.163 e. The Bertz CT molecular complexity index is 1140. The van der Waals surface area contributed by atoms with Gasteiger partial charge in [0, 0.05) is 38.2 Å². The minimum absolute atomic E-state index is 0.0510. The summed E-state index contributed by atoms with van der Waals surface area (Å²) >= 11 is 0. The highest BCUT2D eigenvalue weighted by atomic mass is 16.5. The monoisotopic (exact) mass is 390 g/mol. The molecule has 1 aliphatic heterocycles. The molecular weight excluding hydrogens is 368 g/mol. The van der Waals surface area contributed by atoms with Gasteiger partial charge >= 0.3 is 0 Å². The fraction of sp³-hybridized carbons (Fsp3) is 0.286. The lowest BCUT2D eigenvalue weighted by Gasteiger charge is -2.14. The van der Waals surface area contributed by atoms with Gasteiger partial charge in [-0.25, -0.2) is 4.98 Å². The number of aromatic nitrogens is 5. The Labute approximate surface area is 168 Å². The molecule has 0 saturated carbocycles. The molecule has 8 nitrogen and oxygen atoms in total. The van der Waals surface area contributed by atoms with Crippen LogP contribution in [0.4, 0.5) is 11.6 Å². The van der Waals surface area contributed by atoms with Crippen molar-refractivity contribution in [2.45, 2.75) is 12.5 Å². The van der Waals surface area contributed by atoms with Crippen LogP contribution in [0.2, 0.25) is 0 Å². The Morgan fingerprint density at radius 3 is 2.79 bits per heavy atom. The zero-order valence-electron chi connectivity index (χ0n) is 16.4. The number of rotatable bonds is 5. The van der Waals surface area contributed by atoms with Gasteiger partial charge in [-0.2, -0.15) is 10.2 Å². The molecule has 0 amide bonds. The van der Waals surface area contributed by atoms with Crippen LogP contribution in [0.3, 0.4) is 0 Å². The molecule has 1 aromatic carbocycles. The molecular formula is C21H22N6O2. The standard InChI is InChI=1S/C21H22N6O2/c1-26-20(10-17(25-26)14-6-4-3-5-7-14)23-19-11-18(29-15-8-9-28-13-15)16-12-22-27(2)21(16)24-19/h3-7,10-12,15H,8-9,13H2,1-2H3,(H,23,24)/t15-/m0/s1. The Hall–Kier alpha value is -3.39. The summed E-state index contributed by atoms with van der Waals surface area (Å²) in [6.07, 6.45) is 2.72. The molecule has 0 spiro atoms. The van der Waals surface area contributed by atoms with Crippen LogP contribution in [-0.2, 0) is 18.8 Å². The Morgan fingerprint density at radius 1 is 1.14 bits per heavy atom. The van der Waals surface area contributed by atoms with Gasteiger partial charge in [0.25, 0.3) is 0 Å². The van der Waals surface area contributed by atoms with E-state index in [4.69, 9.17) is 14.5 Å². The molecule has 29 heavy (non-hydrogen) atoms. The molecule has 4 heterocycles. The molecule has 0 aliphatic carbocycles. The number of nitrogens with zero attached hydrogens (tertiary/aromatic N) is 5. The summed E-state index contributed by atoms with van der Waals surface area (Å²) in [7, 11) is 3.78. The van der Waals surface area contributed by atoms with Gasteiger partial charge in [0.05, 0.1) is 30.5 Å². The molecule has 1 aliphatic rings. The van der Waals surface area contributed by atoms with E-state index in [1.54, 1.807) is 10.9 Å². The Kier molecular flexibility index (Phi) is 4.40. The lowest BCUT2D eigenvalue weighted by atomic mass is 10.1. The van der Waals surface area contributed by atoms with Crippen LogP contribution in [0.15, 0.2) is 48.7 Å². The predicted octanol–water partition coefficient (Wildman–Crippen LogP) is 3.28. The first-order chi connectivity index (χ1) is 14.2. The molecule has 0 radical (unpaired) electrons. The molecule has 0 bridgehead atoms. The van der Waals surface area contributed by atoms with Crippen LogP contribution in [0.25, 0.3) is 22.3 Å². The zero-order chi connectivity index (χ0) is 19.8. The molecule has 1 saturated heterocycles. The van der Waals surface area contributed by atoms with E-state index in [9.17, 15) is 0 Å². The van der Waals surface area contributed by atoms with Crippen molar-refractivity contribution >= 4 is 22.7 Å². The summed E-state index contributed by atoms with van der Waals surface area (Å²) < 4.78 is 15.2. The molecule has 5 rings (SSSR count). The number of fused-ring (bicyclic) bond motifs is 1. The number of anilines is 2. The maximum atomic E-state index is 6.20. The van der Waals surface area contributed by atoms with Crippen molar-refractivity contribution in [2.75, 3.05) is 18.5 Å². The average molecular weight is 390 g/mol. The maximum absolute atomic E-state index is 6.20. The van der Waals surface area contributed by atoms with E-state index in [0.717, 1.165) is 46.9 Å². The van der Waals surface area contributed by atoms with Crippen molar-refractivity contribution in [3.05, 3.63) is 48.7 Å². The number of ether oxygens (including phenoxy) is 2. The zero-order valence-corrected chi connectivity index (χ0v) is 16.4. The van der Waals surface area contributed by atoms with E-state index in [1.165, 1.54) is 0 Å². The number of benzene rings is 1. The third-order valence-corrected chi connectivity index (χ3v) is 5.05. The van der Waals surface area contributed by atoms with Crippen LogP contribution in [-0.4, -0.2) is 43.9 Å². The van der Waals surface area contributed by atoms with Crippen molar-refractivity contribution in [1.82, 2.24) is 24.5 Å². The molecule has 8 heteroatoms. The number of nitrogens with one attached hydrogen (secondary N) is 1. The van der Waals surface area contributed by atoms with E-state index >= 15 is 0 Å². The second-order valence-corrected chi connectivity index (χ2v) is 7.14. The van der Waals surface area contributed by atoms with Crippen LogP contribution in [0, 0.1) is 0 Å². The summed E-state index contributed by atoms with van der Waals surface area (Å²) in [5.41, 5.74) is 2.72. The molecule has 148 valence electrons. The highest BCUT2D eigenvalue weighted by Gasteiger charge is 2.20. The van der Waals surface area contributed by atoms with E-state index in [0.29, 0.717) is 12.4 Å². The normalized spacial score (nSPS) is 16.4. The van der Waals surface area contributed by atoms with Crippen LogP contribution in [0.1, 0.15) is 6.42 Å². The summed E-state index contributed by atoms with van der Waals surface area (Å²) in [5, 5.41) is 13.2. The van der Waals surface area contributed by atoms with Gasteiger partial charge in [-0.05, 0) is 0 Å². The van der Waals surface area contributed by atoms with E-state index < -0.39 is 0 Å². The molecule has 1 atom stereocenters. The first-order valence-electron chi connectivity index (χ1n) is 9.61. The Balaban J connectivity index is 1.49. The topological polar surface area (TPSA) is 79.0 Å². The van der Waals surface area contributed by atoms with Crippen LogP contribution < -0.4 is 10.1 Å². The van der Waals surface area contributed by atoms with E-state index in [1.807, 2.05) is 61.2 Å². The molecule has 4 aromatic rings. The minimum Gasteiger partial charge on any atom is -0.487 e. The van der Waals surface area contributed by atoms with Gasteiger partial charge < -0.3 is 14.8 Å². The summed E-state index contributed by atoms with van der Waals surface area (Å²) in [6.45, 7) is 1.34. The number of hydrogen-bond donors (Lipinski definition) is 1. The highest BCUT2D eigenvalue weighted by molar-refractivity contribution is 5.84. The van der Waals surface area contributed by atoms with Crippen molar-refractivity contribution in [2.24, 2.45) is 14.1 Å². The van der Waals surface area contributed by atoms with Gasteiger partial charge in [0.1, 0.15) is 23.5 Å². The second-order valence-electron chi connectivity index (χ2n) is 7.14. The lowest BCUT2D eigenvalue weighted by molar-refractivity contribution is 0.142. The maximum Gasteiger partial charge on any atom is 0.163 e. The lowest BCUT2D eigenvalue weighted by Crippen LogP contribution is -2.16. The van der Waals surface area contributed by atoms with Crippen molar-refractivity contribution in [3.63, 3.8) is 0 Å². The first-order valence-corrected chi connectivity index (χ1v) is 9.61. The molecule has 1 fully saturated rings. The quantitative estimate of drug-likeness (QED) is 0.563. The van der Waals surface area contributed by atoms with Gasteiger partial charge in [0.2, 0.25) is 0 Å². The van der Waals surface area contributed by atoms with E-state index in [-0.39, 0.29) is 6.10 Å². The minimum atomic E-state index is 0.0510. The fourth-order valence-corrected chi connectivity index (χ4v) is 3.50. The first kappa shape index (κ1) is 17.7. The van der Waals surface area contributed by atoms with Crippen molar-refractivity contribution < 1.29 is 9.47 Å². The third-order valence-electron chi connectivity index (χ3n) is 5.05. The summed E-state index contributed by atoms with van der Waals surface area (Å²) in [6, 6.07) is 14.0. The van der Waals surface area contributed by atoms with Gasteiger partial charge in [0.15, 0.2) is 5.65 Å².